The Morgan fingerprint density at radius 1 is 1.33 bits per heavy atom. The van der Waals surface area contributed by atoms with E-state index in [1.807, 2.05) is 14.0 Å². The normalized spacial score (nSPS) is 12.7. The Labute approximate surface area is 112 Å². The van der Waals surface area contributed by atoms with Crippen molar-refractivity contribution in [3.05, 3.63) is 5.01 Å². The van der Waals surface area contributed by atoms with Crippen molar-refractivity contribution in [2.24, 2.45) is 5.92 Å². The summed E-state index contributed by atoms with van der Waals surface area (Å²) < 4.78 is 0. The van der Waals surface area contributed by atoms with E-state index in [1.54, 1.807) is 0 Å². The SMILES string of the molecule is CCC(CC)c1nnc(NC(=O)C(C)CNC)s1. The van der Waals surface area contributed by atoms with E-state index in [1.165, 1.54) is 11.3 Å². The number of carbonyl (C=O) groups excluding carboxylic acids is 1. The average Bonchev–Trinajstić information content (AvgIpc) is 2.79. The first-order valence-electron chi connectivity index (χ1n) is 6.41. The molecule has 0 aliphatic heterocycles. The van der Waals surface area contributed by atoms with Crippen LogP contribution in [0.1, 0.15) is 44.5 Å². The van der Waals surface area contributed by atoms with Crippen molar-refractivity contribution in [2.45, 2.75) is 39.5 Å². The van der Waals surface area contributed by atoms with Crippen molar-refractivity contribution in [2.75, 3.05) is 18.9 Å². The van der Waals surface area contributed by atoms with Gasteiger partial charge in [0.1, 0.15) is 5.01 Å². The van der Waals surface area contributed by atoms with Gasteiger partial charge in [-0.25, -0.2) is 0 Å². The van der Waals surface area contributed by atoms with E-state index < -0.39 is 0 Å². The minimum absolute atomic E-state index is 0.0170. The molecular weight excluding hydrogens is 248 g/mol. The molecule has 1 aromatic rings. The number of carbonyl (C=O) groups is 1. The highest BCUT2D eigenvalue weighted by Crippen LogP contribution is 2.28. The maximum Gasteiger partial charge on any atom is 0.230 e. The molecule has 0 bridgehead atoms. The van der Waals surface area contributed by atoms with E-state index in [9.17, 15) is 4.79 Å². The van der Waals surface area contributed by atoms with Crippen LogP contribution in [-0.2, 0) is 4.79 Å². The van der Waals surface area contributed by atoms with Crippen molar-refractivity contribution >= 4 is 22.4 Å². The van der Waals surface area contributed by atoms with Crippen molar-refractivity contribution < 1.29 is 4.79 Å². The predicted molar refractivity (Wildman–Crippen MR) is 75.0 cm³/mol. The summed E-state index contributed by atoms with van der Waals surface area (Å²) in [6.07, 6.45) is 2.10. The van der Waals surface area contributed by atoms with E-state index in [0.29, 0.717) is 17.6 Å². The molecule has 1 unspecified atom stereocenters. The molecule has 0 aromatic carbocycles. The molecule has 0 spiro atoms. The number of anilines is 1. The van der Waals surface area contributed by atoms with Gasteiger partial charge in [0.25, 0.3) is 0 Å². The van der Waals surface area contributed by atoms with Gasteiger partial charge in [0.15, 0.2) is 0 Å². The smallest absolute Gasteiger partial charge is 0.230 e. The number of rotatable bonds is 7. The van der Waals surface area contributed by atoms with Crippen LogP contribution in [0, 0.1) is 5.92 Å². The van der Waals surface area contributed by atoms with Crippen molar-refractivity contribution in [3.63, 3.8) is 0 Å². The molecular formula is C12H22N4OS. The van der Waals surface area contributed by atoms with Crippen LogP contribution in [-0.4, -0.2) is 29.7 Å². The lowest BCUT2D eigenvalue weighted by atomic mass is 10.1. The summed E-state index contributed by atoms with van der Waals surface area (Å²) in [5.74, 6) is 0.356. The van der Waals surface area contributed by atoms with Crippen molar-refractivity contribution in [1.82, 2.24) is 15.5 Å². The van der Waals surface area contributed by atoms with Gasteiger partial charge in [-0.2, -0.15) is 0 Å². The Morgan fingerprint density at radius 3 is 2.56 bits per heavy atom. The van der Waals surface area contributed by atoms with Crippen LogP contribution in [0.25, 0.3) is 0 Å². The van der Waals surface area contributed by atoms with Gasteiger partial charge in [0, 0.05) is 18.4 Å². The topological polar surface area (TPSA) is 66.9 Å². The second-order valence-electron chi connectivity index (χ2n) is 4.41. The summed E-state index contributed by atoms with van der Waals surface area (Å²) in [4.78, 5) is 11.8. The van der Waals surface area contributed by atoms with Crippen LogP contribution in [0.3, 0.4) is 0 Å². The quantitative estimate of drug-likeness (QED) is 0.797. The molecule has 1 aromatic heterocycles. The van der Waals surface area contributed by atoms with Crippen LogP contribution in [0.5, 0.6) is 0 Å². The molecule has 18 heavy (non-hydrogen) atoms. The number of aromatic nitrogens is 2. The van der Waals surface area contributed by atoms with Crippen LogP contribution in [0.2, 0.25) is 0 Å². The molecule has 0 fully saturated rings. The Kier molecular flexibility index (Phi) is 6.21. The van der Waals surface area contributed by atoms with E-state index in [0.717, 1.165) is 17.8 Å². The largest absolute Gasteiger partial charge is 0.319 e. The third-order valence-electron chi connectivity index (χ3n) is 2.96. The molecule has 1 heterocycles. The number of nitrogens with one attached hydrogen (secondary N) is 2. The van der Waals surface area contributed by atoms with E-state index in [2.05, 4.69) is 34.7 Å². The lowest BCUT2D eigenvalue weighted by Crippen LogP contribution is -2.28. The second kappa shape index (κ2) is 7.43. The highest BCUT2D eigenvalue weighted by molar-refractivity contribution is 7.15. The number of nitrogens with zero attached hydrogens (tertiary/aromatic N) is 2. The van der Waals surface area contributed by atoms with Gasteiger partial charge >= 0.3 is 0 Å². The zero-order chi connectivity index (χ0) is 13.5. The number of amides is 1. The fourth-order valence-electron chi connectivity index (χ4n) is 1.72. The Morgan fingerprint density at radius 2 is 2.00 bits per heavy atom. The molecule has 0 aliphatic carbocycles. The maximum atomic E-state index is 11.8. The Balaban J connectivity index is 2.61. The van der Waals surface area contributed by atoms with E-state index >= 15 is 0 Å². The van der Waals surface area contributed by atoms with Crippen molar-refractivity contribution in [3.8, 4) is 0 Å². The third kappa shape index (κ3) is 4.03. The lowest BCUT2D eigenvalue weighted by Gasteiger charge is -2.09. The van der Waals surface area contributed by atoms with Gasteiger partial charge in [-0.05, 0) is 19.9 Å². The molecule has 1 atom stereocenters. The minimum Gasteiger partial charge on any atom is -0.319 e. The van der Waals surface area contributed by atoms with Crippen LogP contribution >= 0.6 is 11.3 Å². The maximum absolute atomic E-state index is 11.8. The lowest BCUT2D eigenvalue weighted by molar-refractivity contribution is -0.119. The third-order valence-corrected chi connectivity index (χ3v) is 3.96. The summed E-state index contributed by atoms with van der Waals surface area (Å²) in [5.41, 5.74) is 0. The van der Waals surface area contributed by atoms with Crippen LogP contribution in [0.4, 0.5) is 5.13 Å². The Bertz CT molecular complexity index is 376. The zero-order valence-corrected chi connectivity index (χ0v) is 12.3. The Hall–Kier alpha value is -1.01. The average molecular weight is 270 g/mol. The highest BCUT2D eigenvalue weighted by Gasteiger charge is 2.17. The summed E-state index contributed by atoms with van der Waals surface area (Å²) in [6, 6.07) is 0. The summed E-state index contributed by atoms with van der Waals surface area (Å²) in [5, 5.41) is 15.6. The fourth-order valence-corrected chi connectivity index (χ4v) is 2.73. The molecule has 0 saturated heterocycles. The number of hydrogen-bond acceptors (Lipinski definition) is 5. The van der Waals surface area contributed by atoms with Gasteiger partial charge in [0.05, 0.1) is 0 Å². The first-order chi connectivity index (χ1) is 8.62. The van der Waals surface area contributed by atoms with Crippen LogP contribution in [0.15, 0.2) is 0 Å². The van der Waals surface area contributed by atoms with Crippen molar-refractivity contribution in [1.29, 1.82) is 0 Å². The van der Waals surface area contributed by atoms with Gasteiger partial charge in [0.2, 0.25) is 11.0 Å². The van der Waals surface area contributed by atoms with Gasteiger partial charge in [-0.3, -0.25) is 4.79 Å². The van der Waals surface area contributed by atoms with E-state index in [-0.39, 0.29) is 11.8 Å². The summed E-state index contributed by atoms with van der Waals surface area (Å²) >= 11 is 1.48. The fraction of sp³-hybridized carbons (Fsp3) is 0.750. The van der Waals surface area contributed by atoms with Gasteiger partial charge < -0.3 is 10.6 Å². The highest BCUT2D eigenvalue weighted by atomic mass is 32.1. The first kappa shape index (κ1) is 15.0. The van der Waals surface area contributed by atoms with Gasteiger partial charge in [-0.1, -0.05) is 32.1 Å². The predicted octanol–water partition coefficient (Wildman–Crippen LogP) is 2.24. The monoisotopic (exact) mass is 270 g/mol. The molecule has 0 aliphatic rings. The molecule has 2 N–H and O–H groups in total. The standard InChI is InChI=1S/C12H22N4OS/c1-5-9(6-2)11-15-16-12(18-11)14-10(17)8(3)7-13-4/h8-9,13H,5-7H2,1-4H3,(H,14,16,17). The molecule has 6 heteroatoms. The molecule has 0 saturated carbocycles. The second-order valence-corrected chi connectivity index (χ2v) is 5.42. The summed E-state index contributed by atoms with van der Waals surface area (Å²) in [7, 11) is 1.83. The number of hydrogen-bond donors (Lipinski definition) is 2. The van der Waals surface area contributed by atoms with Gasteiger partial charge in [-0.15, -0.1) is 10.2 Å². The zero-order valence-electron chi connectivity index (χ0n) is 11.5. The van der Waals surface area contributed by atoms with Crippen LogP contribution < -0.4 is 10.6 Å². The molecule has 102 valence electrons. The summed E-state index contributed by atoms with van der Waals surface area (Å²) in [6.45, 7) is 6.82. The minimum atomic E-state index is -0.0736. The molecule has 1 rings (SSSR count). The first-order valence-corrected chi connectivity index (χ1v) is 7.22. The van der Waals surface area contributed by atoms with E-state index in [4.69, 9.17) is 0 Å². The molecule has 1 amide bonds. The molecule has 5 nitrogen and oxygen atoms in total. The molecule has 0 radical (unpaired) electrons.